The molecule has 41 heavy (non-hydrogen) atoms. The van der Waals surface area contributed by atoms with Crippen LogP contribution >= 0.6 is 0 Å². The molecule has 9 nitrogen and oxygen atoms in total. The van der Waals surface area contributed by atoms with E-state index in [4.69, 9.17) is 4.74 Å². The molecule has 0 fully saturated rings. The lowest BCUT2D eigenvalue weighted by Gasteiger charge is -2.36. The minimum absolute atomic E-state index is 0.140. The first-order chi connectivity index (χ1) is 19.5. The second-order valence-corrected chi connectivity index (χ2v) is 11.3. The maximum absolute atomic E-state index is 14.1. The fraction of sp³-hybridized carbons (Fsp3) is 0.312. The largest absolute Gasteiger partial charge is 0.443 e. The lowest BCUT2D eigenvalue weighted by Crippen LogP contribution is -2.46. The Hall–Kier alpha value is -4.50. The Labute approximate surface area is 238 Å². The molecule has 0 saturated carbocycles. The molecule has 0 bridgehead atoms. The number of nitro groups is 1. The van der Waals surface area contributed by atoms with Crippen molar-refractivity contribution in [3.63, 3.8) is 0 Å². The molecular weight excluding hydrogens is 522 g/mol. The smallest absolute Gasteiger partial charge is 0.419 e. The summed E-state index contributed by atoms with van der Waals surface area (Å²) in [5, 5.41) is 24.8. The first kappa shape index (κ1) is 28.0. The van der Waals surface area contributed by atoms with Gasteiger partial charge in [0.05, 0.1) is 22.4 Å². The third-order valence-electron chi connectivity index (χ3n) is 7.56. The highest BCUT2D eigenvalue weighted by molar-refractivity contribution is 5.95. The van der Waals surface area contributed by atoms with Crippen LogP contribution < -0.4 is 0 Å². The lowest BCUT2D eigenvalue weighted by atomic mass is 9.83. The maximum Gasteiger partial charge on any atom is 0.419 e. The molecule has 212 valence electrons. The van der Waals surface area contributed by atoms with E-state index in [9.17, 15) is 24.8 Å². The monoisotopic (exact) mass is 555 g/mol. The van der Waals surface area contributed by atoms with Crippen molar-refractivity contribution in [3.8, 4) is 0 Å². The number of ether oxygens (including phenoxy) is 1. The van der Waals surface area contributed by atoms with Gasteiger partial charge in [-0.25, -0.2) is 9.36 Å². The molecule has 1 aromatic heterocycles. The first-order valence-corrected chi connectivity index (χ1v) is 13.6. The van der Waals surface area contributed by atoms with Crippen LogP contribution in [-0.4, -0.2) is 49.7 Å². The molecule has 9 heteroatoms. The molecule has 1 aliphatic heterocycles. The number of hydrogen-bond donors (Lipinski definition) is 1. The number of carbonyl (C=O) groups is 2. The number of fused-ring (bicyclic) bond motifs is 3. The highest BCUT2D eigenvalue weighted by Gasteiger charge is 2.43. The highest BCUT2D eigenvalue weighted by atomic mass is 16.6. The van der Waals surface area contributed by atoms with Gasteiger partial charge in [0.15, 0.2) is 0 Å². The highest BCUT2D eigenvalue weighted by Crippen LogP contribution is 2.43. The summed E-state index contributed by atoms with van der Waals surface area (Å²) in [7, 11) is 0. The predicted molar refractivity (Wildman–Crippen MR) is 155 cm³/mol. The van der Waals surface area contributed by atoms with Gasteiger partial charge in [-0.05, 0) is 51.3 Å². The zero-order chi connectivity index (χ0) is 29.5. The summed E-state index contributed by atoms with van der Waals surface area (Å²) < 4.78 is 7.16. The number of hydrogen-bond acceptors (Lipinski definition) is 6. The molecule has 0 unspecified atom stereocenters. The molecule has 1 aliphatic rings. The Morgan fingerprint density at radius 3 is 2.34 bits per heavy atom. The fourth-order valence-corrected chi connectivity index (χ4v) is 5.75. The standard InChI is InChI=1S/C32H33N3O6/c1-20(21-12-6-5-7-13-21)33-19-18-23-22-14-8-10-16-25(22)34(31(38)41-32(2,3)4)28(23)27(29(36)30(33)37)24-15-9-11-17-26(24)35(39)40/h5-17,20,27,29,36H,18-19H2,1-4H3/t20-,27+,29-/m0/s1. The van der Waals surface area contributed by atoms with Gasteiger partial charge in [0.25, 0.3) is 11.6 Å². The molecule has 1 amide bonds. The topological polar surface area (TPSA) is 115 Å². The van der Waals surface area contributed by atoms with Crippen LogP contribution in [0, 0.1) is 10.1 Å². The van der Waals surface area contributed by atoms with Gasteiger partial charge in [-0.15, -0.1) is 0 Å². The van der Waals surface area contributed by atoms with E-state index in [1.807, 2.05) is 49.4 Å². The van der Waals surface area contributed by atoms with E-state index >= 15 is 0 Å². The van der Waals surface area contributed by atoms with Gasteiger partial charge in [-0.1, -0.05) is 66.7 Å². The molecule has 0 spiro atoms. The van der Waals surface area contributed by atoms with Crippen molar-refractivity contribution in [3.05, 3.63) is 111 Å². The van der Waals surface area contributed by atoms with Gasteiger partial charge in [0.1, 0.15) is 11.7 Å². The van der Waals surface area contributed by atoms with Crippen molar-refractivity contribution in [1.29, 1.82) is 0 Å². The Balaban J connectivity index is 1.80. The number of aliphatic hydroxyl groups excluding tert-OH is 1. The Morgan fingerprint density at radius 1 is 1.02 bits per heavy atom. The Morgan fingerprint density at radius 2 is 1.66 bits per heavy atom. The number of nitro benzene ring substituents is 1. The minimum atomic E-state index is -1.72. The van der Waals surface area contributed by atoms with Crippen molar-refractivity contribution in [1.82, 2.24) is 9.47 Å². The molecular formula is C32H33N3O6. The summed E-state index contributed by atoms with van der Waals surface area (Å²) in [5.41, 5.74) is 1.54. The van der Waals surface area contributed by atoms with Crippen LogP contribution in [-0.2, 0) is 16.0 Å². The van der Waals surface area contributed by atoms with Crippen LogP contribution in [0.25, 0.3) is 10.9 Å². The number of carbonyl (C=O) groups excluding carboxylic acids is 2. The van der Waals surface area contributed by atoms with Crippen LogP contribution in [0.15, 0.2) is 78.9 Å². The molecule has 0 radical (unpaired) electrons. The van der Waals surface area contributed by atoms with Gasteiger partial charge in [-0.2, -0.15) is 0 Å². The third kappa shape index (κ3) is 5.20. The van der Waals surface area contributed by atoms with E-state index in [0.29, 0.717) is 17.6 Å². The Kier molecular flexibility index (Phi) is 7.40. The zero-order valence-electron chi connectivity index (χ0n) is 23.5. The lowest BCUT2D eigenvalue weighted by molar-refractivity contribution is -0.385. The molecule has 4 aromatic rings. The van der Waals surface area contributed by atoms with Gasteiger partial charge in [0.2, 0.25) is 0 Å². The van der Waals surface area contributed by atoms with E-state index in [1.165, 1.54) is 22.8 Å². The van der Waals surface area contributed by atoms with Crippen LogP contribution in [0.5, 0.6) is 0 Å². The fourth-order valence-electron chi connectivity index (χ4n) is 5.75. The number of benzene rings is 3. The third-order valence-corrected chi connectivity index (χ3v) is 7.56. The first-order valence-electron chi connectivity index (χ1n) is 13.6. The number of aliphatic hydroxyl groups is 1. The second-order valence-electron chi connectivity index (χ2n) is 11.3. The molecule has 3 atom stereocenters. The number of nitrogens with zero attached hydrogens (tertiary/aromatic N) is 3. The number of para-hydroxylation sites is 2. The maximum atomic E-state index is 14.1. The number of aromatic nitrogens is 1. The van der Waals surface area contributed by atoms with Crippen molar-refractivity contribution >= 4 is 28.6 Å². The van der Waals surface area contributed by atoms with E-state index in [-0.39, 0.29) is 23.8 Å². The summed E-state index contributed by atoms with van der Waals surface area (Å²) in [5.74, 6) is -1.79. The molecule has 1 N–H and O–H groups in total. The van der Waals surface area contributed by atoms with Gasteiger partial charge in [0, 0.05) is 29.3 Å². The normalized spacial score (nSPS) is 18.4. The number of amides is 1. The van der Waals surface area contributed by atoms with E-state index < -0.39 is 34.5 Å². The Bertz CT molecular complexity index is 1620. The van der Waals surface area contributed by atoms with Crippen molar-refractivity contribution in [2.75, 3.05) is 6.54 Å². The molecule has 3 aromatic carbocycles. The summed E-state index contributed by atoms with van der Waals surface area (Å²) in [4.78, 5) is 41.1. The van der Waals surface area contributed by atoms with Gasteiger partial charge >= 0.3 is 6.09 Å². The van der Waals surface area contributed by atoms with E-state index in [0.717, 1.165) is 16.5 Å². The van der Waals surface area contributed by atoms with Crippen LogP contribution in [0.1, 0.15) is 62.0 Å². The average Bonchev–Trinajstić information content (AvgIpc) is 3.25. The van der Waals surface area contributed by atoms with Crippen molar-refractivity contribution < 1.29 is 24.4 Å². The quantitative estimate of drug-likeness (QED) is 0.245. The molecule has 2 heterocycles. The second kappa shape index (κ2) is 10.8. The van der Waals surface area contributed by atoms with Crippen molar-refractivity contribution in [2.45, 2.75) is 57.8 Å². The van der Waals surface area contributed by atoms with E-state index in [1.54, 1.807) is 43.9 Å². The summed E-state index contributed by atoms with van der Waals surface area (Å²) in [6.07, 6.45) is -2.04. The number of rotatable bonds is 4. The summed E-state index contributed by atoms with van der Waals surface area (Å²) >= 11 is 0. The predicted octanol–water partition coefficient (Wildman–Crippen LogP) is 5.97. The van der Waals surface area contributed by atoms with E-state index in [2.05, 4.69) is 0 Å². The van der Waals surface area contributed by atoms with Gasteiger partial charge < -0.3 is 14.7 Å². The van der Waals surface area contributed by atoms with Crippen molar-refractivity contribution in [2.24, 2.45) is 0 Å². The summed E-state index contributed by atoms with van der Waals surface area (Å²) in [6.45, 7) is 7.42. The minimum Gasteiger partial charge on any atom is -0.443 e. The SMILES string of the molecule is C[C@@H](c1ccccc1)N1CCc2c(n(C(=O)OC(C)(C)C)c3ccccc23)[C@@H](c2ccccc2[N+](=O)[O-])[C@H](O)C1=O. The average molecular weight is 556 g/mol. The van der Waals surface area contributed by atoms with Crippen LogP contribution in [0.3, 0.4) is 0 Å². The van der Waals surface area contributed by atoms with Crippen LogP contribution in [0.4, 0.5) is 10.5 Å². The van der Waals surface area contributed by atoms with Crippen LogP contribution in [0.2, 0.25) is 0 Å². The molecule has 0 aliphatic carbocycles. The zero-order valence-corrected chi connectivity index (χ0v) is 23.5. The van der Waals surface area contributed by atoms with Gasteiger partial charge in [-0.3, -0.25) is 14.9 Å². The summed E-state index contributed by atoms with van der Waals surface area (Å²) in [6, 6.07) is 22.5. The molecule has 0 saturated heterocycles. The molecule has 5 rings (SSSR count).